The number of carbonyl (C=O) groups is 1. The van der Waals surface area contributed by atoms with E-state index in [9.17, 15) is 4.79 Å². The van der Waals surface area contributed by atoms with Crippen LogP contribution in [0, 0.1) is 10.7 Å². The lowest BCUT2D eigenvalue weighted by atomic mass is 10.1. The molecule has 0 saturated carbocycles. The number of anilines is 1. The lowest BCUT2D eigenvalue weighted by molar-refractivity contribution is -0.116. The molecule has 0 radical (unpaired) electrons. The van der Waals surface area contributed by atoms with Gasteiger partial charge in [0.25, 0.3) is 5.91 Å². The molecule has 4 nitrogen and oxygen atoms in total. The molecule has 0 aliphatic carbocycles. The number of amides is 1. The van der Waals surface area contributed by atoms with Gasteiger partial charge in [-0.3, -0.25) is 4.79 Å². The molecular formula is C25H21I3N2O2S. The van der Waals surface area contributed by atoms with E-state index in [1.807, 2.05) is 18.2 Å². The lowest BCUT2D eigenvalue weighted by Gasteiger charge is -2.13. The Morgan fingerprint density at radius 2 is 1.64 bits per heavy atom. The number of hydrogen-bond donors (Lipinski definition) is 2. The highest BCUT2D eigenvalue weighted by Crippen LogP contribution is 2.34. The zero-order valence-corrected chi connectivity index (χ0v) is 25.0. The van der Waals surface area contributed by atoms with E-state index in [-0.39, 0.29) is 11.4 Å². The average molecular weight is 794 g/mol. The van der Waals surface area contributed by atoms with Gasteiger partial charge in [0.2, 0.25) is 0 Å². The summed E-state index contributed by atoms with van der Waals surface area (Å²) in [7, 11) is 0. The molecule has 0 aromatic heterocycles. The van der Waals surface area contributed by atoms with Crippen molar-refractivity contribution in [3.63, 3.8) is 0 Å². The van der Waals surface area contributed by atoms with Crippen LogP contribution >= 0.6 is 79.5 Å². The first kappa shape index (κ1) is 25.1. The number of aryl methyl sites for hydroxylation is 1. The van der Waals surface area contributed by atoms with Gasteiger partial charge in [-0.15, -0.1) is 0 Å². The van der Waals surface area contributed by atoms with Gasteiger partial charge in [-0.25, -0.2) is 0 Å². The minimum Gasteiger partial charge on any atom is -0.487 e. The van der Waals surface area contributed by atoms with Crippen molar-refractivity contribution in [2.45, 2.75) is 25.4 Å². The molecule has 2 N–H and O–H groups in total. The van der Waals surface area contributed by atoms with Crippen LogP contribution in [0.4, 0.5) is 5.69 Å². The summed E-state index contributed by atoms with van der Waals surface area (Å²) in [6.07, 6.45) is 2.95. The van der Waals surface area contributed by atoms with Crippen molar-refractivity contribution in [2.75, 3.05) is 5.32 Å². The Morgan fingerprint density at radius 1 is 1.00 bits per heavy atom. The van der Waals surface area contributed by atoms with Crippen LogP contribution in [0.15, 0.2) is 65.6 Å². The molecule has 1 aliphatic heterocycles. The largest absolute Gasteiger partial charge is 0.487 e. The van der Waals surface area contributed by atoms with Crippen molar-refractivity contribution in [1.29, 1.82) is 0 Å². The number of nitrogens with one attached hydrogen (secondary N) is 2. The maximum atomic E-state index is 12.5. The van der Waals surface area contributed by atoms with Crippen LogP contribution in [0.3, 0.4) is 0 Å². The Kier molecular flexibility index (Phi) is 8.85. The number of ether oxygens (including phenoxy) is 1. The molecule has 3 aromatic rings. The summed E-state index contributed by atoms with van der Waals surface area (Å²) >= 11 is 8.39. The van der Waals surface area contributed by atoms with E-state index >= 15 is 0 Å². The minimum atomic E-state index is -0.189. The third-order valence-corrected chi connectivity index (χ3v) is 8.36. The number of halogens is 3. The maximum absolute atomic E-state index is 12.5. The summed E-state index contributed by atoms with van der Waals surface area (Å²) in [6, 6.07) is 20.7. The van der Waals surface area contributed by atoms with E-state index in [0.717, 1.165) is 36.1 Å². The number of rotatable bonds is 7. The molecule has 1 aliphatic rings. The Labute approximate surface area is 239 Å². The van der Waals surface area contributed by atoms with Gasteiger partial charge in [0, 0.05) is 9.26 Å². The molecule has 0 bridgehead atoms. The predicted molar refractivity (Wildman–Crippen MR) is 162 cm³/mol. The lowest BCUT2D eigenvalue weighted by Crippen LogP contribution is -2.30. The fourth-order valence-corrected chi connectivity index (χ4v) is 6.71. The molecule has 1 heterocycles. The van der Waals surface area contributed by atoms with Gasteiger partial charge in [-0.2, -0.15) is 0 Å². The molecule has 1 atom stereocenters. The highest BCUT2D eigenvalue weighted by molar-refractivity contribution is 14.1. The van der Waals surface area contributed by atoms with Crippen molar-refractivity contribution in [3.8, 4) is 5.75 Å². The van der Waals surface area contributed by atoms with Gasteiger partial charge < -0.3 is 15.4 Å². The van der Waals surface area contributed by atoms with Crippen molar-refractivity contribution >= 4 is 97.2 Å². The van der Waals surface area contributed by atoms with Gasteiger partial charge in [0.1, 0.15) is 12.4 Å². The minimum absolute atomic E-state index is 0.0632. The first-order chi connectivity index (χ1) is 15.9. The third-order valence-electron chi connectivity index (χ3n) is 5.01. The summed E-state index contributed by atoms with van der Waals surface area (Å²) in [5.41, 5.74) is 4.21. The van der Waals surface area contributed by atoms with Crippen molar-refractivity contribution < 1.29 is 9.53 Å². The molecule has 170 valence electrons. The molecule has 0 spiro atoms. The second-order valence-electron chi connectivity index (χ2n) is 7.40. The topological polar surface area (TPSA) is 50.4 Å². The molecular weight excluding hydrogens is 773 g/mol. The van der Waals surface area contributed by atoms with E-state index in [4.69, 9.17) is 4.74 Å². The number of benzene rings is 3. The zero-order chi connectivity index (χ0) is 23.4. The fraction of sp³-hybridized carbons (Fsp3) is 0.160. The van der Waals surface area contributed by atoms with E-state index in [1.165, 1.54) is 20.9 Å². The summed E-state index contributed by atoms with van der Waals surface area (Å²) in [5.74, 6) is 0.808. The summed E-state index contributed by atoms with van der Waals surface area (Å²) in [6.45, 7) is 2.66. The van der Waals surface area contributed by atoms with Crippen molar-refractivity contribution in [1.82, 2.24) is 5.32 Å². The molecule has 0 unspecified atom stereocenters. The highest BCUT2D eigenvalue weighted by Gasteiger charge is 2.27. The van der Waals surface area contributed by atoms with Crippen LogP contribution in [0.25, 0.3) is 6.08 Å². The Bertz CT molecular complexity index is 1160. The second-order valence-corrected chi connectivity index (χ2v) is 12.1. The van der Waals surface area contributed by atoms with E-state index in [1.54, 1.807) is 0 Å². The monoisotopic (exact) mass is 794 g/mol. The van der Waals surface area contributed by atoms with Gasteiger partial charge >= 0.3 is 0 Å². The van der Waals surface area contributed by atoms with Crippen LogP contribution in [0.5, 0.6) is 5.75 Å². The first-order valence-corrected chi connectivity index (χ1v) is 14.4. The average Bonchev–Trinajstić information content (AvgIpc) is 3.13. The highest BCUT2D eigenvalue weighted by atomic mass is 127. The second kappa shape index (κ2) is 11.6. The summed E-state index contributed by atoms with van der Waals surface area (Å²) < 4.78 is 9.35. The van der Waals surface area contributed by atoms with Gasteiger partial charge in [0.15, 0.2) is 5.50 Å². The number of carbonyl (C=O) groups excluding carboxylic acids is 1. The molecule has 1 saturated heterocycles. The van der Waals surface area contributed by atoms with Crippen LogP contribution in [-0.2, 0) is 17.8 Å². The summed E-state index contributed by atoms with van der Waals surface area (Å²) in [4.78, 5) is 13.2. The van der Waals surface area contributed by atoms with E-state index < -0.39 is 0 Å². The SMILES string of the molecule is CCc1ccc(N[C@@H]2NC(=O)/C(=C/c3cc(I)c(OCc4ccc(I)cc4)c(I)c3)S2)cc1. The fourth-order valence-electron chi connectivity index (χ4n) is 3.24. The number of thioether (sulfide) groups is 1. The number of hydrogen-bond acceptors (Lipinski definition) is 4. The molecule has 8 heteroatoms. The van der Waals surface area contributed by atoms with Crippen molar-refractivity contribution in [3.05, 3.63) is 93.0 Å². The van der Waals surface area contributed by atoms with Crippen LogP contribution in [-0.4, -0.2) is 11.4 Å². The van der Waals surface area contributed by atoms with Crippen LogP contribution in [0.2, 0.25) is 0 Å². The maximum Gasteiger partial charge on any atom is 0.260 e. The van der Waals surface area contributed by atoms with Crippen molar-refractivity contribution in [2.24, 2.45) is 0 Å². The van der Waals surface area contributed by atoms with Gasteiger partial charge in [-0.1, -0.05) is 43.0 Å². The quantitative estimate of drug-likeness (QED) is 0.196. The predicted octanol–water partition coefficient (Wildman–Crippen LogP) is 7.24. The molecule has 4 rings (SSSR count). The summed E-state index contributed by atoms with van der Waals surface area (Å²) in [5, 5.41) is 6.37. The molecule has 1 fully saturated rings. The molecule has 3 aromatic carbocycles. The van der Waals surface area contributed by atoms with Crippen LogP contribution < -0.4 is 15.4 Å². The smallest absolute Gasteiger partial charge is 0.260 e. The Hall–Kier alpha value is -0.990. The van der Waals surface area contributed by atoms with E-state index in [2.05, 4.69) is 134 Å². The van der Waals surface area contributed by atoms with Gasteiger partial charge in [-0.05, 0) is 133 Å². The van der Waals surface area contributed by atoms with E-state index in [0.29, 0.717) is 11.5 Å². The van der Waals surface area contributed by atoms with Crippen LogP contribution in [0.1, 0.15) is 23.6 Å². The Morgan fingerprint density at radius 3 is 2.27 bits per heavy atom. The Balaban J connectivity index is 1.43. The third kappa shape index (κ3) is 6.79. The van der Waals surface area contributed by atoms with Gasteiger partial charge in [0.05, 0.1) is 12.0 Å². The molecule has 1 amide bonds. The first-order valence-electron chi connectivity index (χ1n) is 10.3. The normalized spacial score (nSPS) is 16.7. The standard InChI is InChI=1S/C25H21I3N2O2S/c1-2-15-5-9-19(10-6-15)29-25-30-24(31)22(33-25)13-17-11-20(27)23(21(28)12-17)32-14-16-3-7-18(26)8-4-16/h3-13,25,29H,2,14H2,1H3,(H,30,31)/b22-13-/t25-/m1/s1. The molecule has 33 heavy (non-hydrogen) atoms. The zero-order valence-electron chi connectivity index (χ0n) is 17.7.